The molecule has 0 heterocycles. The van der Waals surface area contributed by atoms with Crippen molar-refractivity contribution < 1.29 is 9.90 Å². The fourth-order valence-electron chi connectivity index (χ4n) is 2.68. The first-order valence-electron chi connectivity index (χ1n) is 8.20. The standard InChI is InChI=1S/C19H24ClNO2/c1-2-3-10-21(12-13-22)11-9-19(23)16-7-8-17-15(14-16)5-4-6-18(17)20/h4-8,14,22H,2-3,9-13H2,1H3. The molecule has 0 unspecified atom stereocenters. The van der Waals surface area contributed by atoms with E-state index in [0.29, 0.717) is 24.5 Å². The molecule has 2 aromatic carbocycles. The summed E-state index contributed by atoms with van der Waals surface area (Å²) in [6.45, 7) is 4.51. The zero-order valence-corrected chi connectivity index (χ0v) is 14.4. The molecule has 1 N–H and O–H groups in total. The third-order valence-electron chi connectivity index (χ3n) is 4.05. The number of benzene rings is 2. The van der Waals surface area contributed by atoms with Crippen molar-refractivity contribution in [2.75, 3.05) is 26.2 Å². The summed E-state index contributed by atoms with van der Waals surface area (Å²) in [5.74, 6) is 0.131. The molecule has 3 nitrogen and oxygen atoms in total. The number of nitrogens with zero attached hydrogens (tertiary/aromatic N) is 1. The van der Waals surface area contributed by atoms with Gasteiger partial charge in [0.2, 0.25) is 0 Å². The van der Waals surface area contributed by atoms with Crippen LogP contribution in [0.15, 0.2) is 36.4 Å². The summed E-state index contributed by atoms with van der Waals surface area (Å²) < 4.78 is 0. The molecule has 4 heteroatoms. The highest BCUT2D eigenvalue weighted by atomic mass is 35.5. The number of hydrogen-bond acceptors (Lipinski definition) is 3. The molecule has 0 radical (unpaired) electrons. The van der Waals surface area contributed by atoms with Crippen molar-refractivity contribution in [2.24, 2.45) is 0 Å². The lowest BCUT2D eigenvalue weighted by Gasteiger charge is -2.20. The summed E-state index contributed by atoms with van der Waals surface area (Å²) in [5, 5.41) is 11.8. The van der Waals surface area contributed by atoms with Gasteiger partial charge in [-0.3, -0.25) is 4.79 Å². The SMILES string of the molecule is CCCCN(CCO)CCC(=O)c1ccc2c(Cl)cccc2c1. The molecule has 0 spiro atoms. The van der Waals surface area contributed by atoms with Crippen LogP contribution in [0.5, 0.6) is 0 Å². The summed E-state index contributed by atoms with van der Waals surface area (Å²) in [4.78, 5) is 14.6. The predicted molar refractivity (Wildman–Crippen MR) is 96.3 cm³/mol. The average Bonchev–Trinajstić information content (AvgIpc) is 2.57. The van der Waals surface area contributed by atoms with Crippen molar-refractivity contribution in [3.8, 4) is 0 Å². The lowest BCUT2D eigenvalue weighted by Crippen LogP contribution is -2.30. The van der Waals surface area contributed by atoms with E-state index in [1.54, 1.807) is 0 Å². The van der Waals surface area contributed by atoms with Crippen molar-refractivity contribution in [1.82, 2.24) is 4.90 Å². The van der Waals surface area contributed by atoms with E-state index in [0.717, 1.165) is 35.7 Å². The summed E-state index contributed by atoms with van der Waals surface area (Å²) in [5.41, 5.74) is 0.721. The van der Waals surface area contributed by atoms with Gasteiger partial charge in [0.15, 0.2) is 5.78 Å². The molecule has 0 aliphatic rings. The number of hydrogen-bond donors (Lipinski definition) is 1. The molecular formula is C19H24ClNO2. The van der Waals surface area contributed by atoms with Gasteiger partial charge in [-0.15, -0.1) is 0 Å². The summed E-state index contributed by atoms with van der Waals surface area (Å²) in [7, 11) is 0. The van der Waals surface area contributed by atoms with Crippen LogP contribution >= 0.6 is 11.6 Å². The monoisotopic (exact) mass is 333 g/mol. The van der Waals surface area contributed by atoms with E-state index in [1.165, 1.54) is 0 Å². The first-order chi connectivity index (χ1) is 11.2. The molecule has 0 saturated heterocycles. The molecule has 2 rings (SSSR count). The molecule has 0 amide bonds. The van der Waals surface area contributed by atoms with Crippen LogP contribution < -0.4 is 0 Å². The van der Waals surface area contributed by atoms with E-state index < -0.39 is 0 Å². The molecule has 0 aliphatic carbocycles. The van der Waals surface area contributed by atoms with Crippen molar-refractivity contribution in [3.05, 3.63) is 47.0 Å². The Labute approximate surface area is 142 Å². The molecule has 0 aliphatic heterocycles. The smallest absolute Gasteiger partial charge is 0.164 e. The fraction of sp³-hybridized carbons (Fsp3) is 0.421. The van der Waals surface area contributed by atoms with Gasteiger partial charge in [-0.1, -0.05) is 49.2 Å². The van der Waals surface area contributed by atoms with Gasteiger partial charge < -0.3 is 10.0 Å². The minimum absolute atomic E-state index is 0.131. The lowest BCUT2D eigenvalue weighted by atomic mass is 10.0. The molecule has 0 bridgehead atoms. The fourth-order valence-corrected chi connectivity index (χ4v) is 2.92. The van der Waals surface area contributed by atoms with Gasteiger partial charge in [0.1, 0.15) is 0 Å². The third kappa shape index (κ3) is 5.03. The number of halogens is 1. The molecule has 0 aromatic heterocycles. The van der Waals surface area contributed by atoms with Gasteiger partial charge in [0, 0.05) is 35.5 Å². The zero-order chi connectivity index (χ0) is 16.7. The number of carbonyl (C=O) groups excluding carboxylic acids is 1. The molecule has 23 heavy (non-hydrogen) atoms. The van der Waals surface area contributed by atoms with Crippen molar-refractivity contribution in [3.63, 3.8) is 0 Å². The molecular weight excluding hydrogens is 310 g/mol. The highest BCUT2D eigenvalue weighted by molar-refractivity contribution is 6.35. The molecule has 2 aromatic rings. The number of Topliss-reactive ketones (excluding diaryl/α,β-unsaturated/α-hetero) is 1. The first kappa shape index (κ1) is 17.9. The number of ketones is 1. The predicted octanol–water partition coefficient (Wildman–Crippen LogP) is 4.16. The highest BCUT2D eigenvalue weighted by Gasteiger charge is 2.11. The normalized spacial score (nSPS) is 11.3. The lowest BCUT2D eigenvalue weighted by molar-refractivity contribution is 0.0957. The highest BCUT2D eigenvalue weighted by Crippen LogP contribution is 2.24. The molecule has 0 atom stereocenters. The van der Waals surface area contributed by atoms with Crippen LogP contribution in [0.1, 0.15) is 36.5 Å². The van der Waals surface area contributed by atoms with E-state index in [-0.39, 0.29) is 12.4 Å². The summed E-state index contributed by atoms with van der Waals surface area (Å²) in [6.07, 6.45) is 2.67. The zero-order valence-electron chi connectivity index (χ0n) is 13.6. The second-order valence-corrected chi connectivity index (χ2v) is 6.17. The number of aliphatic hydroxyl groups is 1. The van der Waals surface area contributed by atoms with Crippen molar-refractivity contribution >= 4 is 28.2 Å². The van der Waals surface area contributed by atoms with Crippen molar-refractivity contribution in [2.45, 2.75) is 26.2 Å². The van der Waals surface area contributed by atoms with Gasteiger partial charge in [-0.25, -0.2) is 0 Å². The quantitative estimate of drug-likeness (QED) is 0.700. The number of carbonyl (C=O) groups is 1. The van der Waals surface area contributed by atoms with E-state index in [2.05, 4.69) is 11.8 Å². The van der Waals surface area contributed by atoms with Gasteiger partial charge in [0.25, 0.3) is 0 Å². The second kappa shape index (κ2) is 9.02. The number of aliphatic hydroxyl groups excluding tert-OH is 1. The number of rotatable bonds is 9. The Hall–Kier alpha value is -1.42. The topological polar surface area (TPSA) is 40.5 Å². The van der Waals surface area contributed by atoms with Gasteiger partial charge in [-0.2, -0.15) is 0 Å². The maximum atomic E-state index is 12.4. The van der Waals surface area contributed by atoms with Crippen LogP contribution in [0.3, 0.4) is 0 Å². The molecule has 0 fully saturated rings. The third-order valence-corrected chi connectivity index (χ3v) is 4.38. The largest absolute Gasteiger partial charge is 0.395 e. The molecule has 0 saturated carbocycles. The minimum atomic E-state index is 0.131. The Morgan fingerprint density at radius 1 is 1.17 bits per heavy atom. The Kier molecular flexibility index (Phi) is 7.03. The maximum absolute atomic E-state index is 12.4. The van der Waals surface area contributed by atoms with E-state index >= 15 is 0 Å². The Morgan fingerprint density at radius 3 is 2.74 bits per heavy atom. The van der Waals surface area contributed by atoms with Crippen molar-refractivity contribution in [1.29, 1.82) is 0 Å². The molecule has 124 valence electrons. The Balaban J connectivity index is 2.02. The van der Waals surface area contributed by atoms with Crippen LogP contribution in [0.4, 0.5) is 0 Å². The van der Waals surface area contributed by atoms with Crippen LogP contribution in [-0.2, 0) is 0 Å². The van der Waals surface area contributed by atoms with Gasteiger partial charge >= 0.3 is 0 Å². The van der Waals surface area contributed by atoms with Crippen LogP contribution in [0, 0.1) is 0 Å². The van der Waals surface area contributed by atoms with Crippen LogP contribution in [-0.4, -0.2) is 42.0 Å². The number of fused-ring (bicyclic) bond motifs is 1. The van der Waals surface area contributed by atoms with E-state index in [9.17, 15) is 4.79 Å². The Morgan fingerprint density at radius 2 is 2.00 bits per heavy atom. The minimum Gasteiger partial charge on any atom is -0.395 e. The van der Waals surface area contributed by atoms with Gasteiger partial charge in [0.05, 0.1) is 6.61 Å². The summed E-state index contributed by atoms with van der Waals surface area (Å²) in [6, 6.07) is 11.4. The Bertz CT molecular complexity index is 657. The first-order valence-corrected chi connectivity index (χ1v) is 8.58. The van der Waals surface area contributed by atoms with Crippen LogP contribution in [0.25, 0.3) is 10.8 Å². The van der Waals surface area contributed by atoms with E-state index in [1.807, 2.05) is 36.4 Å². The number of unbranched alkanes of at least 4 members (excludes halogenated alkanes) is 1. The maximum Gasteiger partial charge on any atom is 0.164 e. The average molecular weight is 334 g/mol. The van der Waals surface area contributed by atoms with Gasteiger partial charge in [-0.05, 0) is 30.5 Å². The van der Waals surface area contributed by atoms with E-state index in [4.69, 9.17) is 16.7 Å². The van der Waals surface area contributed by atoms with Crippen LogP contribution in [0.2, 0.25) is 5.02 Å². The summed E-state index contributed by atoms with van der Waals surface area (Å²) >= 11 is 6.16. The second-order valence-electron chi connectivity index (χ2n) is 5.77.